The Morgan fingerprint density at radius 3 is 2.44 bits per heavy atom. The van der Waals surface area contributed by atoms with E-state index in [1.165, 1.54) is 18.1 Å². The molecule has 1 aliphatic heterocycles. The van der Waals surface area contributed by atoms with Gasteiger partial charge in [-0.05, 0) is 81.4 Å². The van der Waals surface area contributed by atoms with Crippen LogP contribution in [0.5, 0.6) is 17.2 Å². The average molecular weight is 497 g/mol. The van der Waals surface area contributed by atoms with E-state index < -0.39 is 29.4 Å². The topological polar surface area (TPSA) is 96.4 Å². The predicted molar refractivity (Wildman–Crippen MR) is 137 cm³/mol. The molecule has 3 rings (SSSR count). The quantitative estimate of drug-likeness (QED) is 0.288. The molecule has 2 aromatic carbocycles. The van der Waals surface area contributed by atoms with Gasteiger partial charge in [-0.2, -0.15) is 0 Å². The molecule has 0 spiro atoms. The lowest BCUT2D eigenvalue weighted by Gasteiger charge is -2.28. The van der Waals surface area contributed by atoms with Crippen LogP contribution in [-0.4, -0.2) is 73.3 Å². The molecule has 2 aromatic rings. The minimum absolute atomic E-state index is 0.0634. The van der Waals surface area contributed by atoms with Gasteiger partial charge in [0, 0.05) is 12.1 Å². The van der Waals surface area contributed by atoms with Crippen molar-refractivity contribution in [3.63, 3.8) is 0 Å². The number of phenols is 1. The molecule has 8 heteroatoms. The number of carbonyl (C=O) groups is 3. The first-order valence-corrected chi connectivity index (χ1v) is 12.2. The maximum absolute atomic E-state index is 13.7. The minimum atomic E-state index is -1.20. The first-order chi connectivity index (χ1) is 17.0. The summed E-state index contributed by atoms with van der Waals surface area (Å²) in [6.07, 6.45) is 0.639. The molecule has 2 unspecified atom stereocenters. The number of benzene rings is 2. The number of methoxy groups -OCH3 is 1. The van der Waals surface area contributed by atoms with E-state index in [1.807, 2.05) is 25.9 Å². The number of rotatable bonds is 11. The van der Waals surface area contributed by atoms with Gasteiger partial charge in [0.15, 0.2) is 17.3 Å². The molecule has 8 nitrogen and oxygen atoms in total. The van der Waals surface area contributed by atoms with Crippen LogP contribution in [-0.2, 0) is 9.59 Å². The molecular weight excluding hydrogens is 460 g/mol. The van der Waals surface area contributed by atoms with Crippen LogP contribution in [0.15, 0.2) is 36.4 Å². The van der Waals surface area contributed by atoms with E-state index in [2.05, 4.69) is 13.8 Å². The van der Waals surface area contributed by atoms with Crippen LogP contribution >= 0.6 is 0 Å². The third-order valence-corrected chi connectivity index (χ3v) is 6.27. The van der Waals surface area contributed by atoms with E-state index in [4.69, 9.17) is 9.47 Å². The maximum atomic E-state index is 13.7. The van der Waals surface area contributed by atoms with Gasteiger partial charge in [0.1, 0.15) is 11.7 Å². The van der Waals surface area contributed by atoms with E-state index in [0.717, 1.165) is 12.1 Å². The van der Waals surface area contributed by atoms with Gasteiger partial charge in [-0.3, -0.25) is 14.4 Å². The van der Waals surface area contributed by atoms with Crippen molar-refractivity contribution in [2.45, 2.75) is 33.2 Å². The highest BCUT2D eigenvalue weighted by Crippen LogP contribution is 2.41. The number of hydrogen-bond donors (Lipinski definition) is 1. The normalized spacial score (nSPS) is 17.8. The molecule has 1 N–H and O–H groups in total. The van der Waals surface area contributed by atoms with Gasteiger partial charge < -0.3 is 24.4 Å². The Morgan fingerprint density at radius 2 is 1.83 bits per heavy atom. The first-order valence-electron chi connectivity index (χ1n) is 12.2. The van der Waals surface area contributed by atoms with Crippen LogP contribution in [0.2, 0.25) is 0 Å². The summed E-state index contributed by atoms with van der Waals surface area (Å²) in [5.74, 6) is -1.83. The van der Waals surface area contributed by atoms with Gasteiger partial charge in [-0.15, -0.1) is 0 Å². The number of Topliss-reactive ketones (excluding diaryl/α,β-unsaturated/α-hetero) is 2. The molecule has 0 bridgehead atoms. The largest absolute Gasteiger partial charge is 0.504 e. The van der Waals surface area contributed by atoms with Crippen molar-refractivity contribution in [1.82, 2.24) is 9.80 Å². The zero-order chi connectivity index (χ0) is 26.6. The molecule has 1 amide bonds. The molecule has 0 saturated carbocycles. The molecule has 1 heterocycles. The first kappa shape index (κ1) is 27.2. The fraction of sp³-hybridized carbons (Fsp3) is 0.464. The summed E-state index contributed by atoms with van der Waals surface area (Å²) in [5, 5.41) is 10.1. The summed E-state index contributed by atoms with van der Waals surface area (Å²) >= 11 is 0. The van der Waals surface area contributed by atoms with Gasteiger partial charge >= 0.3 is 0 Å². The van der Waals surface area contributed by atoms with Gasteiger partial charge in [-0.25, -0.2) is 0 Å². The number of nitrogens with zero attached hydrogens (tertiary/aromatic N) is 2. The summed E-state index contributed by atoms with van der Waals surface area (Å²) in [6.45, 7) is 7.55. The predicted octanol–water partition coefficient (Wildman–Crippen LogP) is 3.65. The van der Waals surface area contributed by atoms with Crippen LogP contribution in [0, 0.1) is 18.8 Å². The molecular formula is C28H36N2O6. The monoisotopic (exact) mass is 496 g/mol. The summed E-state index contributed by atoms with van der Waals surface area (Å²) in [7, 11) is 5.29. The molecule has 0 aliphatic carbocycles. The molecule has 0 radical (unpaired) electrons. The number of ketones is 2. The summed E-state index contributed by atoms with van der Waals surface area (Å²) < 4.78 is 11.1. The van der Waals surface area contributed by atoms with E-state index >= 15 is 0 Å². The second-order valence-electron chi connectivity index (χ2n) is 9.92. The number of aryl methyl sites for hydroxylation is 1. The molecule has 2 atom stereocenters. The van der Waals surface area contributed by atoms with Crippen LogP contribution in [0.1, 0.15) is 47.8 Å². The van der Waals surface area contributed by atoms with Crippen LogP contribution in [0.25, 0.3) is 0 Å². The van der Waals surface area contributed by atoms with Gasteiger partial charge in [0.2, 0.25) is 5.78 Å². The van der Waals surface area contributed by atoms with Crippen molar-refractivity contribution >= 4 is 17.5 Å². The van der Waals surface area contributed by atoms with E-state index in [1.54, 1.807) is 30.3 Å². The highest BCUT2D eigenvalue weighted by molar-refractivity contribution is 6.44. The summed E-state index contributed by atoms with van der Waals surface area (Å²) in [5.41, 5.74) is 1.69. The fourth-order valence-electron chi connectivity index (χ4n) is 4.44. The van der Waals surface area contributed by atoms with Crippen molar-refractivity contribution < 1.29 is 29.0 Å². The maximum Gasteiger partial charge on any atom is 0.291 e. The summed E-state index contributed by atoms with van der Waals surface area (Å²) in [6, 6.07) is 8.95. The highest BCUT2D eigenvalue weighted by Gasteiger charge is 2.51. The number of amides is 1. The Bertz CT molecular complexity index is 1130. The lowest BCUT2D eigenvalue weighted by Crippen LogP contribution is -2.33. The fourth-order valence-corrected chi connectivity index (χ4v) is 4.44. The van der Waals surface area contributed by atoms with Crippen molar-refractivity contribution in [3.8, 4) is 17.2 Å². The zero-order valence-corrected chi connectivity index (χ0v) is 21.9. The minimum Gasteiger partial charge on any atom is -0.504 e. The standard InChI is InChI=1S/C28H36N2O6/c1-17(2)16-36-22-11-9-20(14-18(22)3)26(32)24-25(19-8-10-21(31)23(15-19)35-6)30(28(34)27(24)33)13-7-12-29(4)5/h8-11,14-15,17,24-25,31H,7,12-13,16H2,1-6H3. The number of ether oxygens (including phenoxy) is 2. The van der Waals surface area contributed by atoms with E-state index in [-0.39, 0.29) is 11.5 Å². The van der Waals surface area contributed by atoms with Crippen molar-refractivity contribution in [2.75, 3.05) is 40.9 Å². The lowest BCUT2D eigenvalue weighted by molar-refractivity contribution is -0.140. The van der Waals surface area contributed by atoms with Gasteiger partial charge in [0.25, 0.3) is 5.91 Å². The second kappa shape index (κ2) is 11.6. The summed E-state index contributed by atoms with van der Waals surface area (Å²) in [4.78, 5) is 43.6. The lowest BCUT2D eigenvalue weighted by atomic mass is 9.85. The Morgan fingerprint density at radius 1 is 1.11 bits per heavy atom. The van der Waals surface area contributed by atoms with Crippen molar-refractivity contribution in [1.29, 1.82) is 0 Å². The van der Waals surface area contributed by atoms with Crippen LogP contribution < -0.4 is 9.47 Å². The Hall–Kier alpha value is -3.39. The molecule has 1 saturated heterocycles. The number of likely N-dealkylation sites (tertiary alicyclic amines) is 1. The SMILES string of the molecule is COc1cc(C2C(C(=O)c3ccc(OCC(C)C)c(C)c3)C(=O)C(=O)N2CCCN(C)C)ccc1O. The van der Waals surface area contributed by atoms with Gasteiger partial charge in [0.05, 0.1) is 19.8 Å². The smallest absolute Gasteiger partial charge is 0.291 e. The number of carbonyl (C=O) groups excluding carboxylic acids is 3. The average Bonchev–Trinajstić information content (AvgIpc) is 3.07. The number of hydrogen-bond acceptors (Lipinski definition) is 7. The molecule has 0 aromatic heterocycles. The third kappa shape index (κ3) is 5.87. The highest BCUT2D eigenvalue weighted by atomic mass is 16.5. The van der Waals surface area contributed by atoms with E-state index in [9.17, 15) is 19.5 Å². The Kier molecular flexibility index (Phi) is 8.74. The molecule has 1 fully saturated rings. The number of aromatic hydroxyl groups is 1. The molecule has 1 aliphatic rings. The van der Waals surface area contributed by atoms with Crippen LogP contribution in [0.4, 0.5) is 0 Å². The molecule has 36 heavy (non-hydrogen) atoms. The second-order valence-corrected chi connectivity index (χ2v) is 9.92. The van der Waals surface area contributed by atoms with Crippen LogP contribution in [0.3, 0.4) is 0 Å². The van der Waals surface area contributed by atoms with Crippen molar-refractivity contribution in [2.24, 2.45) is 11.8 Å². The Labute approximate surface area is 212 Å². The van der Waals surface area contributed by atoms with Crippen molar-refractivity contribution in [3.05, 3.63) is 53.1 Å². The number of phenolic OH excluding ortho intramolecular Hbond substituents is 1. The zero-order valence-electron chi connectivity index (χ0n) is 21.9. The third-order valence-electron chi connectivity index (χ3n) is 6.27. The Balaban J connectivity index is 1.99. The van der Waals surface area contributed by atoms with E-state index in [0.29, 0.717) is 42.4 Å². The van der Waals surface area contributed by atoms with Gasteiger partial charge in [-0.1, -0.05) is 19.9 Å². The molecule has 194 valence electrons.